The zero-order valence-electron chi connectivity index (χ0n) is 14.4. The van der Waals surface area contributed by atoms with Gasteiger partial charge in [-0.15, -0.1) is 0 Å². The SMILES string of the molecule is CC.O=C(O)CCC(=O)c1ccc2ccc3cccc4ccc1c2c34. The minimum Gasteiger partial charge on any atom is -0.481 e. The maximum Gasteiger partial charge on any atom is 0.303 e. The van der Waals surface area contributed by atoms with Gasteiger partial charge in [-0.2, -0.15) is 0 Å². The Morgan fingerprint density at radius 2 is 1.32 bits per heavy atom. The summed E-state index contributed by atoms with van der Waals surface area (Å²) in [4.78, 5) is 23.2. The van der Waals surface area contributed by atoms with E-state index in [0.29, 0.717) is 5.56 Å². The summed E-state index contributed by atoms with van der Waals surface area (Å²) in [5, 5.41) is 15.3. The number of hydrogen-bond donors (Lipinski definition) is 1. The Kier molecular flexibility index (Phi) is 4.66. The van der Waals surface area contributed by atoms with E-state index in [1.54, 1.807) is 0 Å². The van der Waals surface area contributed by atoms with E-state index in [0.717, 1.165) is 32.3 Å². The fourth-order valence-electron chi connectivity index (χ4n) is 3.33. The van der Waals surface area contributed by atoms with E-state index >= 15 is 0 Å². The standard InChI is InChI=1S/C20H14O3.C2H6/c21-17(10-11-18(22)23)15-8-6-14-5-4-12-2-1-3-13-7-9-16(15)20(14)19(12)13;1-2/h1-9H,10-11H2,(H,22,23);1-2H3. The van der Waals surface area contributed by atoms with Gasteiger partial charge in [0.05, 0.1) is 6.42 Å². The lowest BCUT2D eigenvalue weighted by Gasteiger charge is -2.13. The van der Waals surface area contributed by atoms with Crippen molar-refractivity contribution in [3.05, 3.63) is 60.2 Å². The van der Waals surface area contributed by atoms with Gasteiger partial charge in [-0.1, -0.05) is 68.4 Å². The van der Waals surface area contributed by atoms with Crippen LogP contribution in [0.5, 0.6) is 0 Å². The molecule has 0 heterocycles. The molecule has 0 radical (unpaired) electrons. The first kappa shape index (κ1) is 16.9. The molecule has 0 spiro atoms. The Morgan fingerprint density at radius 3 is 1.96 bits per heavy atom. The van der Waals surface area contributed by atoms with Crippen molar-refractivity contribution in [2.24, 2.45) is 0 Å². The second kappa shape index (κ2) is 6.89. The van der Waals surface area contributed by atoms with E-state index in [2.05, 4.69) is 24.3 Å². The van der Waals surface area contributed by atoms with E-state index in [1.165, 1.54) is 0 Å². The predicted molar refractivity (Wildman–Crippen MR) is 103 cm³/mol. The molecule has 4 aromatic rings. The van der Waals surface area contributed by atoms with Crippen molar-refractivity contribution < 1.29 is 14.7 Å². The molecular formula is C22H20O3. The Labute approximate surface area is 146 Å². The van der Waals surface area contributed by atoms with Gasteiger partial charge in [0.2, 0.25) is 0 Å². The maximum absolute atomic E-state index is 12.4. The first-order valence-corrected chi connectivity index (χ1v) is 8.57. The lowest BCUT2D eigenvalue weighted by Crippen LogP contribution is -2.04. The van der Waals surface area contributed by atoms with Gasteiger partial charge in [0, 0.05) is 12.0 Å². The highest BCUT2D eigenvalue weighted by Gasteiger charge is 2.15. The van der Waals surface area contributed by atoms with Crippen LogP contribution in [-0.2, 0) is 4.79 Å². The smallest absolute Gasteiger partial charge is 0.303 e. The van der Waals surface area contributed by atoms with Crippen LogP contribution in [0.4, 0.5) is 0 Å². The van der Waals surface area contributed by atoms with Gasteiger partial charge in [0.1, 0.15) is 0 Å². The number of carbonyl (C=O) groups excluding carboxylic acids is 1. The number of benzene rings is 4. The van der Waals surface area contributed by atoms with E-state index in [1.807, 2.05) is 44.2 Å². The van der Waals surface area contributed by atoms with E-state index in [9.17, 15) is 9.59 Å². The molecule has 0 bridgehead atoms. The van der Waals surface area contributed by atoms with Crippen molar-refractivity contribution in [1.82, 2.24) is 0 Å². The molecule has 0 amide bonds. The molecule has 3 nitrogen and oxygen atoms in total. The van der Waals surface area contributed by atoms with E-state index in [-0.39, 0.29) is 18.6 Å². The lowest BCUT2D eigenvalue weighted by atomic mass is 9.90. The highest BCUT2D eigenvalue weighted by atomic mass is 16.4. The summed E-state index contributed by atoms with van der Waals surface area (Å²) in [7, 11) is 0. The number of aliphatic carboxylic acids is 1. The third kappa shape index (κ3) is 2.93. The average molecular weight is 332 g/mol. The molecule has 0 fully saturated rings. The topological polar surface area (TPSA) is 54.4 Å². The van der Waals surface area contributed by atoms with Crippen molar-refractivity contribution in [2.45, 2.75) is 26.7 Å². The maximum atomic E-state index is 12.4. The first-order chi connectivity index (χ1) is 12.1. The Morgan fingerprint density at radius 1 is 0.760 bits per heavy atom. The van der Waals surface area contributed by atoms with Crippen LogP contribution in [-0.4, -0.2) is 16.9 Å². The van der Waals surface area contributed by atoms with Crippen LogP contribution in [0, 0.1) is 0 Å². The second-order valence-corrected chi connectivity index (χ2v) is 5.79. The summed E-state index contributed by atoms with van der Waals surface area (Å²) in [6, 6.07) is 18.1. The molecule has 1 N–H and O–H groups in total. The quantitative estimate of drug-likeness (QED) is 0.387. The van der Waals surface area contributed by atoms with Crippen LogP contribution >= 0.6 is 0 Å². The molecule has 4 aromatic carbocycles. The largest absolute Gasteiger partial charge is 0.481 e. The van der Waals surface area contributed by atoms with Crippen molar-refractivity contribution >= 4 is 44.1 Å². The van der Waals surface area contributed by atoms with E-state index < -0.39 is 5.97 Å². The molecule has 0 atom stereocenters. The molecule has 0 aliphatic carbocycles. The van der Waals surface area contributed by atoms with Gasteiger partial charge in [-0.3, -0.25) is 9.59 Å². The van der Waals surface area contributed by atoms with Crippen LogP contribution in [0.2, 0.25) is 0 Å². The lowest BCUT2D eigenvalue weighted by molar-refractivity contribution is -0.136. The van der Waals surface area contributed by atoms with Gasteiger partial charge in [-0.05, 0) is 32.3 Å². The van der Waals surface area contributed by atoms with Gasteiger partial charge >= 0.3 is 5.97 Å². The third-order valence-electron chi connectivity index (χ3n) is 4.40. The summed E-state index contributed by atoms with van der Waals surface area (Å²) in [6.07, 6.45) is -0.111. The normalized spacial score (nSPS) is 10.8. The Hall–Kier alpha value is -2.94. The van der Waals surface area contributed by atoms with Crippen LogP contribution in [0.15, 0.2) is 54.6 Å². The highest BCUT2D eigenvalue weighted by Crippen LogP contribution is 2.36. The summed E-state index contributed by atoms with van der Waals surface area (Å²) in [5.74, 6) is -1.07. The predicted octanol–water partition coefficient (Wildman–Crippen LogP) is 5.66. The molecule has 3 heteroatoms. The Bertz CT molecular complexity index is 1050. The molecule has 0 aliphatic heterocycles. The number of ketones is 1. The van der Waals surface area contributed by atoms with Gasteiger partial charge in [0.15, 0.2) is 5.78 Å². The second-order valence-electron chi connectivity index (χ2n) is 5.79. The molecule has 25 heavy (non-hydrogen) atoms. The zero-order chi connectivity index (χ0) is 18.0. The highest BCUT2D eigenvalue weighted by molar-refractivity contribution is 6.26. The summed E-state index contributed by atoms with van der Waals surface area (Å²) in [6.45, 7) is 4.00. The molecule has 0 aliphatic rings. The molecular weight excluding hydrogens is 312 g/mol. The number of hydrogen-bond acceptors (Lipinski definition) is 2. The first-order valence-electron chi connectivity index (χ1n) is 8.57. The number of carbonyl (C=O) groups is 2. The third-order valence-corrected chi connectivity index (χ3v) is 4.40. The average Bonchev–Trinajstić information content (AvgIpc) is 2.65. The fraction of sp³-hybridized carbons (Fsp3) is 0.182. The summed E-state index contributed by atoms with van der Waals surface area (Å²) in [5.41, 5.74) is 0.608. The minimum atomic E-state index is -0.948. The zero-order valence-corrected chi connectivity index (χ0v) is 14.4. The van der Waals surface area contributed by atoms with E-state index in [4.69, 9.17) is 5.11 Å². The molecule has 0 saturated carbocycles. The Balaban J connectivity index is 0.000000880. The number of rotatable bonds is 4. The van der Waals surface area contributed by atoms with Crippen LogP contribution in [0.3, 0.4) is 0 Å². The monoisotopic (exact) mass is 332 g/mol. The number of carboxylic acid groups (broad SMARTS) is 1. The van der Waals surface area contributed by atoms with Gasteiger partial charge in [-0.25, -0.2) is 0 Å². The molecule has 126 valence electrons. The van der Waals surface area contributed by atoms with Crippen LogP contribution in [0.1, 0.15) is 37.0 Å². The number of carboxylic acids is 1. The summed E-state index contributed by atoms with van der Waals surface area (Å²) >= 11 is 0. The molecule has 0 saturated heterocycles. The van der Waals surface area contributed by atoms with Crippen molar-refractivity contribution in [2.75, 3.05) is 0 Å². The molecule has 4 rings (SSSR count). The minimum absolute atomic E-state index is 0.0271. The van der Waals surface area contributed by atoms with Crippen molar-refractivity contribution in [3.8, 4) is 0 Å². The van der Waals surface area contributed by atoms with Gasteiger partial charge in [0.25, 0.3) is 0 Å². The number of Topliss-reactive ketones (excluding diaryl/α,β-unsaturated/α-hetero) is 1. The van der Waals surface area contributed by atoms with Gasteiger partial charge < -0.3 is 5.11 Å². The van der Waals surface area contributed by atoms with Crippen molar-refractivity contribution in [3.63, 3.8) is 0 Å². The summed E-state index contributed by atoms with van der Waals surface area (Å²) < 4.78 is 0. The van der Waals surface area contributed by atoms with Crippen molar-refractivity contribution in [1.29, 1.82) is 0 Å². The molecule has 0 aromatic heterocycles. The molecule has 0 unspecified atom stereocenters. The van der Waals surface area contributed by atoms with Crippen LogP contribution in [0.25, 0.3) is 32.3 Å². The van der Waals surface area contributed by atoms with Crippen LogP contribution < -0.4 is 0 Å². The fourth-order valence-corrected chi connectivity index (χ4v) is 3.33.